The van der Waals surface area contributed by atoms with Crippen LogP contribution in [0.1, 0.15) is 47.0 Å². The van der Waals surface area contributed by atoms with E-state index in [0.29, 0.717) is 26.0 Å². The Balaban J connectivity index is 2.26. The number of rotatable bonds is 11. The molecule has 0 aromatic heterocycles. The molecule has 158 valence electrons. The fourth-order valence-corrected chi connectivity index (χ4v) is 2.57. The quantitative estimate of drug-likeness (QED) is 0.257. The second kappa shape index (κ2) is 10.3. The Morgan fingerprint density at radius 1 is 1.18 bits per heavy atom. The van der Waals surface area contributed by atoms with Crippen molar-refractivity contribution in [1.29, 1.82) is 0 Å². The molecule has 0 unspecified atom stereocenters. The molecule has 0 bridgehead atoms. The van der Waals surface area contributed by atoms with Gasteiger partial charge in [0.15, 0.2) is 5.78 Å². The van der Waals surface area contributed by atoms with E-state index < -0.39 is 11.0 Å². The smallest absolute Gasteiger partial charge is 0.247 e. The number of nitrogens with two attached hydrogens (primary N) is 1. The Labute approximate surface area is 166 Å². The first-order chi connectivity index (χ1) is 13.0. The van der Waals surface area contributed by atoms with Crippen LogP contribution in [0.4, 0.5) is 0 Å². The second-order valence-electron chi connectivity index (χ2n) is 8.12. The van der Waals surface area contributed by atoms with Gasteiger partial charge in [-0.25, -0.2) is 5.84 Å². The molecular weight excluding hydrogens is 364 g/mol. The summed E-state index contributed by atoms with van der Waals surface area (Å²) >= 11 is 0. The van der Waals surface area contributed by atoms with E-state index in [-0.39, 0.29) is 43.0 Å². The number of hydrazine groups is 1. The Morgan fingerprint density at radius 3 is 2.50 bits per heavy atom. The highest BCUT2D eigenvalue weighted by atomic mass is 16.5. The summed E-state index contributed by atoms with van der Waals surface area (Å²) in [6.07, 6.45) is 3.72. The van der Waals surface area contributed by atoms with Crippen LogP contribution in [0.15, 0.2) is 12.2 Å². The summed E-state index contributed by atoms with van der Waals surface area (Å²) in [5, 5.41) is 2.80. The number of carbonyl (C=O) groups excluding carboxylic acids is 4. The van der Waals surface area contributed by atoms with Crippen molar-refractivity contribution in [2.75, 3.05) is 26.2 Å². The van der Waals surface area contributed by atoms with Gasteiger partial charge in [0.05, 0.1) is 12.1 Å². The van der Waals surface area contributed by atoms with Gasteiger partial charge in [0.1, 0.15) is 0 Å². The number of amides is 3. The van der Waals surface area contributed by atoms with Crippen LogP contribution in [0.2, 0.25) is 0 Å². The molecule has 3 amide bonds. The van der Waals surface area contributed by atoms with Crippen LogP contribution in [0.5, 0.6) is 0 Å². The standard InChI is InChI=1S/C19H32N4O5/c1-18(2,17(27)22-20)9-12-28-19(3,4)8-10-21-15(25)7-11-23-13-14(24)5-6-16(23)26/h5-6H,7-13,20H2,1-4H3,(H,21,25)(H,22,27). The van der Waals surface area contributed by atoms with Gasteiger partial charge >= 0.3 is 0 Å². The average Bonchev–Trinajstić information content (AvgIpc) is 2.61. The molecule has 0 aromatic carbocycles. The molecule has 0 saturated carbocycles. The van der Waals surface area contributed by atoms with Gasteiger partial charge in [-0.3, -0.25) is 24.6 Å². The van der Waals surface area contributed by atoms with Crippen molar-refractivity contribution in [3.05, 3.63) is 12.2 Å². The number of nitrogens with zero attached hydrogens (tertiary/aromatic N) is 1. The molecule has 4 N–H and O–H groups in total. The largest absolute Gasteiger partial charge is 0.375 e. The third kappa shape index (κ3) is 8.18. The van der Waals surface area contributed by atoms with Crippen LogP contribution in [-0.2, 0) is 23.9 Å². The van der Waals surface area contributed by atoms with E-state index in [2.05, 4.69) is 10.7 Å². The van der Waals surface area contributed by atoms with E-state index in [4.69, 9.17) is 10.6 Å². The number of hydrogen-bond donors (Lipinski definition) is 3. The second-order valence-corrected chi connectivity index (χ2v) is 8.12. The van der Waals surface area contributed by atoms with Crippen LogP contribution in [0, 0.1) is 5.41 Å². The first-order valence-corrected chi connectivity index (χ1v) is 9.38. The van der Waals surface area contributed by atoms with Crippen LogP contribution in [-0.4, -0.2) is 60.2 Å². The summed E-state index contributed by atoms with van der Waals surface area (Å²) in [4.78, 5) is 47.9. The van der Waals surface area contributed by atoms with Crippen molar-refractivity contribution in [1.82, 2.24) is 15.6 Å². The molecule has 0 atom stereocenters. The molecule has 0 aromatic rings. The Morgan fingerprint density at radius 2 is 1.86 bits per heavy atom. The van der Waals surface area contributed by atoms with Crippen LogP contribution in [0.25, 0.3) is 0 Å². The summed E-state index contributed by atoms with van der Waals surface area (Å²) in [5.41, 5.74) is 1.06. The monoisotopic (exact) mass is 396 g/mol. The maximum absolute atomic E-state index is 12.0. The molecule has 28 heavy (non-hydrogen) atoms. The molecular formula is C19H32N4O5. The summed E-state index contributed by atoms with van der Waals surface area (Å²) in [7, 11) is 0. The third-order valence-electron chi connectivity index (χ3n) is 4.69. The van der Waals surface area contributed by atoms with E-state index >= 15 is 0 Å². The van der Waals surface area contributed by atoms with Crippen molar-refractivity contribution >= 4 is 23.5 Å². The first kappa shape index (κ1) is 23.8. The van der Waals surface area contributed by atoms with Gasteiger partial charge < -0.3 is 15.0 Å². The molecule has 9 nitrogen and oxygen atoms in total. The molecule has 0 aliphatic carbocycles. The topological polar surface area (TPSA) is 131 Å². The fraction of sp³-hybridized carbons (Fsp3) is 0.684. The SMILES string of the molecule is CC(C)(CCNC(=O)CCN1CC(=O)C=CC1=O)OCCC(C)(C)C(=O)NN. The summed E-state index contributed by atoms with van der Waals surface area (Å²) in [6, 6.07) is 0. The summed E-state index contributed by atoms with van der Waals surface area (Å²) < 4.78 is 5.85. The van der Waals surface area contributed by atoms with Crippen molar-refractivity contribution in [2.24, 2.45) is 11.3 Å². The molecule has 1 heterocycles. The lowest BCUT2D eigenvalue weighted by atomic mass is 9.89. The number of ether oxygens (including phenoxy) is 1. The Hall–Kier alpha value is -2.26. The first-order valence-electron chi connectivity index (χ1n) is 9.38. The lowest BCUT2D eigenvalue weighted by molar-refractivity contribution is -0.132. The van der Waals surface area contributed by atoms with Crippen LogP contribution < -0.4 is 16.6 Å². The highest BCUT2D eigenvalue weighted by Crippen LogP contribution is 2.22. The third-order valence-corrected chi connectivity index (χ3v) is 4.69. The van der Waals surface area contributed by atoms with E-state index in [9.17, 15) is 19.2 Å². The molecule has 9 heteroatoms. The van der Waals surface area contributed by atoms with Gasteiger partial charge in [-0.2, -0.15) is 0 Å². The summed E-state index contributed by atoms with van der Waals surface area (Å²) in [5.74, 6) is 4.34. The van der Waals surface area contributed by atoms with Crippen molar-refractivity contribution < 1.29 is 23.9 Å². The Kier molecular flexibility index (Phi) is 8.77. The minimum atomic E-state index is -0.624. The fourth-order valence-electron chi connectivity index (χ4n) is 2.57. The van der Waals surface area contributed by atoms with Gasteiger partial charge in [0, 0.05) is 37.6 Å². The highest BCUT2D eigenvalue weighted by molar-refractivity contribution is 6.04. The molecule has 0 radical (unpaired) electrons. The summed E-state index contributed by atoms with van der Waals surface area (Å²) in [6.45, 7) is 8.45. The zero-order chi connectivity index (χ0) is 21.4. The molecule has 1 aliphatic heterocycles. The van der Waals surface area contributed by atoms with Crippen molar-refractivity contribution in [3.8, 4) is 0 Å². The number of nitrogens with one attached hydrogen (secondary N) is 2. The molecule has 0 fully saturated rings. The minimum absolute atomic E-state index is 0.0159. The van der Waals surface area contributed by atoms with Crippen LogP contribution >= 0.6 is 0 Å². The zero-order valence-electron chi connectivity index (χ0n) is 17.2. The van der Waals surface area contributed by atoms with Gasteiger partial charge in [0.2, 0.25) is 17.7 Å². The number of carbonyl (C=O) groups is 4. The number of hydrogen-bond acceptors (Lipinski definition) is 6. The predicted molar refractivity (Wildman–Crippen MR) is 104 cm³/mol. The molecule has 0 spiro atoms. The van der Waals surface area contributed by atoms with E-state index in [1.807, 2.05) is 13.8 Å². The van der Waals surface area contributed by atoms with Crippen LogP contribution in [0.3, 0.4) is 0 Å². The van der Waals surface area contributed by atoms with Gasteiger partial charge in [0.25, 0.3) is 0 Å². The van der Waals surface area contributed by atoms with Crippen molar-refractivity contribution in [3.63, 3.8) is 0 Å². The van der Waals surface area contributed by atoms with E-state index in [0.717, 1.165) is 0 Å². The maximum Gasteiger partial charge on any atom is 0.247 e. The van der Waals surface area contributed by atoms with E-state index in [1.54, 1.807) is 13.8 Å². The zero-order valence-corrected chi connectivity index (χ0v) is 17.2. The molecule has 0 saturated heterocycles. The maximum atomic E-state index is 12.0. The van der Waals surface area contributed by atoms with Gasteiger partial charge in [-0.15, -0.1) is 0 Å². The van der Waals surface area contributed by atoms with Gasteiger partial charge in [-0.05, 0) is 32.8 Å². The number of ketones is 1. The lowest BCUT2D eigenvalue weighted by Gasteiger charge is -2.28. The van der Waals surface area contributed by atoms with Crippen molar-refractivity contribution in [2.45, 2.75) is 52.6 Å². The molecule has 1 aliphatic rings. The normalized spacial score (nSPS) is 15.0. The lowest BCUT2D eigenvalue weighted by Crippen LogP contribution is -2.42. The van der Waals surface area contributed by atoms with Gasteiger partial charge in [-0.1, -0.05) is 13.8 Å². The Bertz CT molecular complexity index is 628. The van der Waals surface area contributed by atoms with E-state index in [1.165, 1.54) is 17.1 Å². The predicted octanol–water partition coefficient (Wildman–Crippen LogP) is 0.0517. The average molecular weight is 396 g/mol. The highest BCUT2D eigenvalue weighted by Gasteiger charge is 2.28. The minimum Gasteiger partial charge on any atom is -0.375 e. The molecule has 1 rings (SSSR count).